The number of carboxylic acids is 2. The number of esters is 1. The van der Waals surface area contributed by atoms with Gasteiger partial charge >= 0.3 is 17.9 Å². The fourth-order valence-electron chi connectivity index (χ4n) is 0.939. The van der Waals surface area contributed by atoms with Gasteiger partial charge in [-0.25, -0.2) is 4.79 Å². The Morgan fingerprint density at radius 3 is 2.47 bits per heavy atom. The third-order valence-corrected chi connectivity index (χ3v) is 1.95. The first kappa shape index (κ1) is 12.8. The van der Waals surface area contributed by atoms with Crippen molar-refractivity contribution in [2.24, 2.45) is 5.92 Å². The van der Waals surface area contributed by atoms with Crippen molar-refractivity contribution in [3.63, 3.8) is 0 Å². The van der Waals surface area contributed by atoms with E-state index < -0.39 is 23.8 Å². The predicted molar refractivity (Wildman–Crippen MR) is 52.3 cm³/mol. The zero-order valence-electron chi connectivity index (χ0n) is 8.87. The molecule has 0 aliphatic heterocycles. The molecule has 0 aromatic carbocycles. The van der Waals surface area contributed by atoms with Crippen molar-refractivity contribution in [2.45, 2.75) is 13.5 Å². The molecule has 7 nitrogen and oxygen atoms in total. The van der Waals surface area contributed by atoms with Gasteiger partial charge in [-0.15, -0.1) is 0 Å². The largest absolute Gasteiger partial charge is 0.481 e. The fourth-order valence-corrected chi connectivity index (χ4v) is 0.939. The second-order valence-electron chi connectivity index (χ2n) is 3.24. The Morgan fingerprint density at radius 1 is 1.35 bits per heavy atom. The highest BCUT2D eigenvalue weighted by atomic mass is 16.5. The summed E-state index contributed by atoms with van der Waals surface area (Å²) in [5.74, 6) is -4.85. The number of ether oxygens (including phenoxy) is 1. The highest BCUT2D eigenvalue weighted by Crippen LogP contribution is 2.10. The molecule has 1 aromatic heterocycles. The zero-order chi connectivity index (χ0) is 13.0. The van der Waals surface area contributed by atoms with Crippen LogP contribution in [0.3, 0.4) is 0 Å². The van der Waals surface area contributed by atoms with Gasteiger partial charge in [0.15, 0.2) is 5.92 Å². The van der Waals surface area contributed by atoms with Gasteiger partial charge in [-0.1, -0.05) is 0 Å². The maximum Gasteiger partial charge on any atom is 0.371 e. The summed E-state index contributed by atoms with van der Waals surface area (Å²) in [6, 6.07) is 2.55. The van der Waals surface area contributed by atoms with Crippen molar-refractivity contribution in [3.8, 4) is 0 Å². The average Bonchev–Trinajstić information content (AvgIpc) is 2.73. The second-order valence-corrected chi connectivity index (χ2v) is 3.24. The lowest BCUT2D eigenvalue weighted by Gasteiger charge is -2.05. The number of carbonyl (C=O) groups excluding carboxylic acids is 1. The molecule has 2 N–H and O–H groups in total. The molecule has 1 rings (SSSR count). The van der Waals surface area contributed by atoms with Gasteiger partial charge < -0.3 is 19.4 Å². The molecular weight excluding hydrogens is 232 g/mol. The molecule has 1 aromatic rings. The van der Waals surface area contributed by atoms with E-state index in [1.165, 1.54) is 19.1 Å². The van der Waals surface area contributed by atoms with E-state index in [9.17, 15) is 14.4 Å². The molecule has 17 heavy (non-hydrogen) atoms. The minimum Gasteiger partial charge on any atom is -0.481 e. The lowest BCUT2D eigenvalue weighted by Crippen LogP contribution is -2.22. The van der Waals surface area contributed by atoms with Crippen molar-refractivity contribution in [1.82, 2.24) is 0 Å². The van der Waals surface area contributed by atoms with Gasteiger partial charge in [0.1, 0.15) is 12.4 Å². The van der Waals surface area contributed by atoms with Crippen LogP contribution >= 0.6 is 0 Å². The van der Waals surface area contributed by atoms with Crippen LogP contribution in [0.2, 0.25) is 0 Å². The minimum absolute atomic E-state index is 0.133. The van der Waals surface area contributed by atoms with Crippen LogP contribution in [0.1, 0.15) is 23.2 Å². The second kappa shape index (κ2) is 5.15. The molecule has 0 fully saturated rings. The van der Waals surface area contributed by atoms with Crippen LogP contribution in [0.25, 0.3) is 0 Å². The highest BCUT2D eigenvalue weighted by molar-refractivity contribution is 5.93. The maximum atomic E-state index is 11.1. The molecule has 92 valence electrons. The van der Waals surface area contributed by atoms with Gasteiger partial charge in [0, 0.05) is 0 Å². The molecule has 1 heterocycles. The smallest absolute Gasteiger partial charge is 0.371 e. The summed E-state index contributed by atoms with van der Waals surface area (Å²) in [6.45, 7) is 0.888. The van der Waals surface area contributed by atoms with Gasteiger partial charge in [0.2, 0.25) is 5.76 Å². The Morgan fingerprint density at radius 2 is 2.00 bits per heavy atom. The van der Waals surface area contributed by atoms with Crippen LogP contribution in [0.15, 0.2) is 16.5 Å². The number of hydrogen-bond acceptors (Lipinski definition) is 5. The standard InChI is InChI=1S/C10H10O7/c1-5(8(11)12)10(15)16-4-6-2-3-7(17-6)9(13)14/h2-3,5H,4H2,1H3,(H,11,12)(H,13,14). The summed E-state index contributed by atoms with van der Waals surface area (Å²) >= 11 is 0. The first-order chi connectivity index (χ1) is 7.91. The molecule has 7 heteroatoms. The molecule has 0 aliphatic carbocycles. The van der Waals surface area contributed by atoms with Gasteiger partial charge in [0.25, 0.3) is 0 Å². The quantitative estimate of drug-likeness (QED) is 0.578. The summed E-state index contributed by atoms with van der Waals surface area (Å²) in [4.78, 5) is 32.1. The number of carboxylic acid groups (broad SMARTS) is 2. The van der Waals surface area contributed by atoms with Crippen LogP contribution in [0.4, 0.5) is 0 Å². The Labute approximate surface area is 95.6 Å². The summed E-state index contributed by atoms with van der Waals surface area (Å²) in [5, 5.41) is 17.1. The summed E-state index contributed by atoms with van der Waals surface area (Å²) in [7, 11) is 0. The first-order valence-electron chi connectivity index (χ1n) is 4.63. The molecule has 0 bridgehead atoms. The van der Waals surface area contributed by atoms with Crippen LogP contribution < -0.4 is 0 Å². The SMILES string of the molecule is CC(C(=O)O)C(=O)OCc1ccc(C(=O)O)o1. The van der Waals surface area contributed by atoms with E-state index in [0.29, 0.717) is 0 Å². The third-order valence-electron chi connectivity index (χ3n) is 1.95. The average molecular weight is 242 g/mol. The van der Waals surface area contributed by atoms with Gasteiger partial charge in [-0.05, 0) is 19.1 Å². The van der Waals surface area contributed by atoms with E-state index in [2.05, 4.69) is 4.74 Å². The molecule has 0 spiro atoms. The molecule has 0 aliphatic rings. The minimum atomic E-state index is -1.29. The van der Waals surface area contributed by atoms with E-state index in [4.69, 9.17) is 14.6 Å². The predicted octanol–water partition coefficient (Wildman–Crippen LogP) is 0.742. The monoisotopic (exact) mass is 242 g/mol. The number of rotatable bonds is 5. The molecule has 1 unspecified atom stereocenters. The van der Waals surface area contributed by atoms with Gasteiger partial charge in [-0.2, -0.15) is 0 Å². The normalized spacial score (nSPS) is 11.8. The van der Waals surface area contributed by atoms with Crippen LogP contribution in [-0.2, 0) is 20.9 Å². The highest BCUT2D eigenvalue weighted by Gasteiger charge is 2.22. The van der Waals surface area contributed by atoms with Gasteiger partial charge in [-0.3, -0.25) is 9.59 Å². The summed E-state index contributed by atoms with van der Waals surface area (Å²) in [6.07, 6.45) is 0. The molecule has 0 saturated carbocycles. The fraction of sp³-hybridized carbons (Fsp3) is 0.300. The van der Waals surface area contributed by atoms with Crippen molar-refractivity contribution in [3.05, 3.63) is 23.7 Å². The Kier molecular flexibility index (Phi) is 3.86. The topological polar surface area (TPSA) is 114 Å². The lowest BCUT2D eigenvalue weighted by atomic mass is 10.2. The molecule has 0 amide bonds. The lowest BCUT2D eigenvalue weighted by molar-refractivity contribution is -0.159. The maximum absolute atomic E-state index is 11.1. The molecule has 1 atom stereocenters. The number of carbonyl (C=O) groups is 3. The number of furan rings is 1. The van der Waals surface area contributed by atoms with E-state index in [0.717, 1.165) is 0 Å². The van der Waals surface area contributed by atoms with E-state index >= 15 is 0 Å². The van der Waals surface area contributed by atoms with Gasteiger partial charge in [0.05, 0.1) is 0 Å². The molecule has 0 saturated heterocycles. The van der Waals surface area contributed by atoms with Crippen molar-refractivity contribution >= 4 is 17.9 Å². The summed E-state index contributed by atoms with van der Waals surface area (Å²) < 4.78 is 9.45. The number of hydrogen-bond donors (Lipinski definition) is 2. The van der Waals surface area contributed by atoms with E-state index in [1.54, 1.807) is 0 Å². The van der Waals surface area contributed by atoms with Crippen molar-refractivity contribution < 1.29 is 33.8 Å². The molecular formula is C10H10O7. The number of aliphatic carboxylic acids is 1. The van der Waals surface area contributed by atoms with Crippen molar-refractivity contribution in [2.75, 3.05) is 0 Å². The summed E-state index contributed by atoms with van der Waals surface area (Å²) in [5.41, 5.74) is 0. The zero-order valence-corrected chi connectivity index (χ0v) is 8.87. The van der Waals surface area contributed by atoms with Crippen LogP contribution in [0, 0.1) is 5.92 Å². The Bertz CT molecular complexity index is 445. The third kappa shape index (κ3) is 3.33. The van der Waals surface area contributed by atoms with Crippen LogP contribution in [-0.4, -0.2) is 28.1 Å². The first-order valence-corrected chi connectivity index (χ1v) is 4.63. The van der Waals surface area contributed by atoms with Crippen molar-refractivity contribution in [1.29, 1.82) is 0 Å². The van der Waals surface area contributed by atoms with E-state index in [1.807, 2.05) is 0 Å². The Hall–Kier alpha value is -2.31. The van der Waals surface area contributed by atoms with Crippen LogP contribution in [0.5, 0.6) is 0 Å². The number of aromatic carboxylic acids is 1. The Balaban J connectivity index is 2.53. The molecule has 0 radical (unpaired) electrons. The van der Waals surface area contributed by atoms with E-state index in [-0.39, 0.29) is 18.1 Å².